The molecule has 0 nitrogen and oxygen atoms in total. The topological polar surface area (TPSA) is 0 Å². The summed E-state index contributed by atoms with van der Waals surface area (Å²) in [6, 6.07) is 41.3. The van der Waals surface area contributed by atoms with Crippen LogP contribution in [0.25, 0.3) is 43.8 Å². The van der Waals surface area contributed by atoms with Gasteiger partial charge in [0.05, 0.1) is 0 Å². The van der Waals surface area contributed by atoms with Crippen LogP contribution in [0.3, 0.4) is 0 Å². The molecular weight excluding hydrogens is 739 g/mol. The Morgan fingerprint density at radius 2 is 0.843 bits per heavy atom. The summed E-state index contributed by atoms with van der Waals surface area (Å²) >= 11 is -0.826. The molecule has 0 aliphatic rings. The molecule has 0 atom stereocenters. The third kappa shape index (κ3) is 12.9. The fourth-order valence-electron chi connectivity index (χ4n) is 7.18. The molecule has 0 fully saturated rings. The van der Waals surface area contributed by atoms with Gasteiger partial charge in [0, 0.05) is 0 Å². The molecule has 0 aliphatic carbocycles. The Morgan fingerprint density at radius 1 is 0.451 bits per heavy atom. The zero-order chi connectivity index (χ0) is 36.3. The Hall–Kier alpha value is -2.44. The van der Waals surface area contributed by atoms with Crippen molar-refractivity contribution in [1.29, 1.82) is 0 Å². The van der Waals surface area contributed by atoms with E-state index in [2.05, 4.69) is 137 Å². The number of unbranched alkanes of at least 4 members (excludes halogenated alkanes) is 6. The standard InChI is InChI=1S/2C24H29.2ClH.Zr/c2*1-3-5-6-7-10-19-13-15-21(16-14-19)23-12-8-11-22-17-20(9-4-2)18-24(22)23;;;/h2*8,11-18H,3-7,9-10H2,1-2H3;2*1H;/q2*-1;;;+4/p-2. The second kappa shape index (κ2) is 23.3. The van der Waals surface area contributed by atoms with Gasteiger partial charge in [-0.15, -0.1) is 69.1 Å². The first kappa shape index (κ1) is 41.3. The minimum absolute atomic E-state index is 0.826. The van der Waals surface area contributed by atoms with Crippen LogP contribution in [0.4, 0.5) is 0 Å². The number of hydrogen-bond acceptors (Lipinski definition) is 0. The molecule has 6 aromatic rings. The van der Waals surface area contributed by atoms with E-state index in [0.29, 0.717) is 0 Å². The summed E-state index contributed by atoms with van der Waals surface area (Å²) in [5.74, 6) is 0. The first-order valence-corrected chi connectivity index (χ1v) is 25.9. The molecule has 3 heteroatoms. The fraction of sp³-hybridized carbons (Fsp3) is 0.375. The molecular formula is C48H58Cl2Zr. The van der Waals surface area contributed by atoms with Crippen molar-refractivity contribution in [3.05, 3.63) is 131 Å². The van der Waals surface area contributed by atoms with Crippen LogP contribution in [0, 0.1) is 0 Å². The Labute approximate surface area is 328 Å². The van der Waals surface area contributed by atoms with Gasteiger partial charge in [-0.2, -0.15) is 12.1 Å². The van der Waals surface area contributed by atoms with Gasteiger partial charge >= 0.3 is 37.9 Å². The van der Waals surface area contributed by atoms with E-state index in [-0.39, 0.29) is 0 Å². The van der Waals surface area contributed by atoms with Crippen LogP contribution < -0.4 is 0 Å². The third-order valence-corrected chi connectivity index (χ3v) is 9.87. The Bertz CT molecular complexity index is 1690. The Kier molecular flexibility index (Phi) is 18.9. The van der Waals surface area contributed by atoms with Crippen LogP contribution in [-0.4, -0.2) is 0 Å². The SMILES string of the molecule is CCCCCCc1ccc(-c2cccc3[cH-]c(CCC)cc23)cc1.CCCCCCc1ccc(-c2cccc3[cH-]c(CCC)cc23)cc1.[Cl][Zr+2][Cl]. The molecule has 0 heterocycles. The number of benzene rings is 4. The normalized spacial score (nSPS) is 10.8. The maximum absolute atomic E-state index is 4.93. The van der Waals surface area contributed by atoms with Crippen LogP contribution in [0.15, 0.2) is 109 Å². The number of fused-ring (bicyclic) bond motifs is 2. The fourth-order valence-corrected chi connectivity index (χ4v) is 7.18. The molecule has 0 radical (unpaired) electrons. The average molecular weight is 797 g/mol. The van der Waals surface area contributed by atoms with Gasteiger partial charge in [-0.05, 0) is 60.8 Å². The maximum atomic E-state index is 4.93. The minimum atomic E-state index is -0.826. The van der Waals surface area contributed by atoms with Gasteiger partial charge in [-0.3, -0.25) is 0 Å². The van der Waals surface area contributed by atoms with Gasteiger partial charge in [0.1, 0.15) is 0 Å². The molecule has 0 aromatic heterocycles. The quantitative estimate of drug-likeness (QED) is 0.0676. The summed E-state index contributed by atoms with van der Waals surface area (Å²) in [5.41, 5.74) is 11.3. The second-order valence-corrected chi connectivity index (χ2v) is 17.7. The van der Waals surface area contributed by atoms with Crippen LogP contribution >= 0.6 is 17.0 Å². The molecule has 0 aliphatic heterocycles. The summed E-state index contributed by atoms with van der Waals surface area (Å²) in [6.07, 6.45) is 17.8. The number of aryl methyl sites for hydroxylation is 4. The predicted octanol–water partition coefficient (Wildman–Crippen LogP) is 16.0. The molecule has 0 amide bonds. The number of hydrogen-bond donors (Lipinski definition) is 0. The molecule has 0 saturated heterocycles. The number of halogens is 2. The van der Waals surface area contributed by atoms with E-state index in [0.717, 1.165) is 0 Å². The first-order chi connectivity index (χ1) is 25.0. The predicted molar refractivity (Wildman–Crippen MR) is 225 cm³/mol. The van der Waals surface area contributed by atoms with Gasteiger partial charge in [0.25, 0.3) is 0 Å². The van der Waals surface area contributed by atoms with Crippen LogP contribution in [-0.2, 0) is 46.5 Å². The summed E-state index contributed by atoms with van der Waals surface area (Å²) < 4.78 is 0. The van der Waals surface area contributed by atoms with Crippen molar-refractivity contribution in [3.63, 3.8) is 0 Å². The summed E-state index contributed by atoms with van der Waals surface area (Å²) in [5, 5.41) is 5.55. The van der Waals surface area contributed by atoms with Crippen molar-refractivity contribution in [2.45, 2.75) is 118 Å². The average Bonchev–Trinajstić information content (AvgIpc) is 3.77. The van der Waals surface area contributed by atoms with Gasteiger partial charge in [-0.1, -0.05) is 151 Å². The molecule has 0 saturated carbocycles. The number of rotatable bonds is 16. The van der Waals surface area contributed by atoms with Gasteiger partial charge < -0.3 is 0 Å². The zero-order valence-electron chi connectivity index (χ0n) is 31.5. The molecule has 6 rings (SSSR count). The van der Waals surface area contributed by atoms with Gasteiger partial charge in [-0.25, -0.2) is 0 Å². The van der Waals surface area contributed by atoms with E-state index >= 15 is 0 Å². The molecule has 0 bridgehead atoms. The van der Waals surface area contributed by atoms with Crippen LogP contribution in [0.2, 0.25) is 0 Å². The van der Waals surface area contributed by atoms with Crippen molar-refractivity contribution in [2.24, 2.45) is 0 Å². The molecule has 0 N–H and O–H groups in total. The van der Waals surface area contributed by atoms with E-state index in [1.165, 1.54) is 156 Å². The van der Waals surface area contributed by atoms with E-state index in [9.17, 15) is 0 Å². The molecule has 268 valence electrons. The third-order valence-electron chi connectivity index (χ3n) is 9.87. The summed E-state index contributed by atoms with van der Waals surface area (Å²) in [6.45, 7) is 9.03. The second-order valence-electron chi connectivity index (χ2n) is 13.9. The molecule has 51 heavy (non-hydrogen) atoms. The van der Waals surface area contributed by atoms with Crippen molar-refractivity contribution < 1.29 is 20.8 Å². The monoisotopic (exact) mass is 794 g/mol. The summed E-state index contributed by atoms with van der Waals surface area (Å²) in [7, 11) is 9.87. The molecule has 6 aromatic carbocycles. The van der Waals surface area contributed by atoms with Crippen LogP contribution in [0.1, 0.15) is 114 Å². The van der Waals surface area contributed by atoms with Crippen molar-refractivity contribution in [1.82, 2.24) is 0 Å². The molecule has 0 spiro atoms. The molecule has 0 unspecified atom stereocenters. The van der Waals surface area contributed by atoms with Gasteiger partial charge in [0.2, 0.25) is 0 Å². The summed E-state index contributed by atoms with van der Waals surface area (Å²) in [4.78, 5) is 0. The van der Waals surface area contributed by atoms with Crippen molar-refractivity contribution >= 4 is 38.6 Å². The van der Waals surface area contributed by atoms with E-state index in [4.69, 9.17) is 17.0 Å². The van der Waals surface area contributed by atoms with Crippen molar-refractivity contribution in [3.8, 4) is 22.3 Å². The Morgan fingerprint density at radius 3 is 1.20 bits per heavy atom. The van der Waals surface area contributed by atoms with Gasteiger partial charge in [0.15, 0.2) is 0 Å². The van der Waals surface area contributed by atoms with Crippen LogP contribution in [0.5, 0.6) is 0 Å². The first-order valence-electron chi connectivity index (χ1n) is 19.6. The zero-order valence-corrected chi connectivity index (χ0v) is 35.5. The van der Waals surface area contributed by atoms with E-state index < -0.39 is 20.8 Å². The van der Waals surface area contributed by atoms with E-state index in [1.807, 2.05) is 0 Å². The Balaban J connectivity index is 0.000000212. The van der Waals surface area contributed by atoms with E-state index in [1.54, 1.807) is 0 Å². The van der Waals surface area contributed by atoms with Crippen molar-refractivity contribution in [2.75, 3.05) is 0 Å².